The van der Waals surface area contributed by atoms with E-state index >= 15 is 0 Å². The van der Waals surface area contributed by atoms with E-state index in [2.05, 4.69) is 20.7 Å². The van der Waals surface area contributed by atoms with E-state index in [4.69, 9.17) is 14.0 Å². The average Bonchev–Trinajstić information content (AvgIpc) is 3.12. The molecular weight excluding hydrogens is 506 g/mol. The lowest BCUT2D eigenvalue weighted by Crippen LogP contribution is -2.39. The SMILES string of the molecule is O=C(NOCCN1CCOCC1)c1oc2ccncc2c1Nc1ccc(I)cc1F. The zero-order valence-corrected chi connectivity index (χ0v) is 18.1. The van der Waals surface area contributed by atoms with Crippen LogP contribution in [0.25, 0.3) is 11.0 Å². The quantitative estimate of drug-likeness (QED) is 0.278. The third-order valence-electron chi connectivity index (χ3n) is 4.66. The minimum Gasteiger partial charge on any atom is -0.448 e. The van der Waals surface area contributed by atoms with Gasteiger partial charge in [0.15, 0.2) is 0 Å². The third-order valence-corrected chi connectivity index (χ3v) is 5.34. The van der Waals surface area contributed by atoms with Crippen molar-refractivity contribution in [2.45, 2.75) is 0 Å². The molecule has 158 valence electrons. The van der Waals surface area contributed by atoms with Crippen LogP contribution in [0, 0.1) is 9.39 Å². The summed E-state index contributed by atoms with van der Waals surface area (Å²) in [6.45, 7) is 4.06. The number of ether oxygens (including phenoxy) is 1. The van der Waals surface area contributed by atoms with E-state index in [1.54, 1.807) is 30.6 Å². The first-order chi connectivity index (χ1) is 14.6. The number of benzene rings is 1. The summed E-state index contributed by atoms with van der Waals surface area (Å²) in [6.07, 6.45) is 3.11. The van der Waals surface area contributed by atoms with Gasteiger partial charge in [-0.2, -0.15) is 0 Å². The minimum absolute atomic E-state index is 0.0117. The molecule has 0 spiro atoms. The number of furan rings is 1. The Balaban J connectivity index is 1.48. The largest absolute Gasteiger partial charge is 0.448 e. The van der Waals surface area contributed by atoms with Crippen LogP contribution in [0.15, 0.2) is 41.1 Å². The van der Waals surface area contributed by atoms with Crippen molar-refractivity contribution in [1.82, 2.24) is 15.4 Å². The molecule has 2 N–H and O–H groups in total. The highest BCUT2D eigenvalue weighted by Crippen LogP contribution is 2.33. The van der Waals surface area contributed by atoms with E-state index in [9.17, 15) is 9.18 Å². The smallest absolute Gasteiger partial charge is 0.312 e. The first kappa shape index (κ1) is 21.0. The van der Waals surface area contributed by atoms with Crippen molar-refractivity contribution < 1.29 is 23.2 Å². The molecule has 2 aromatic heterocycles. The maximum atomic E-state index is 14.3. The fourth-order valence-electron chi connectivity index (χ4n) is 3.11. The summed E-state index contributed by atoms with van der Waals surface area (Å²) in [5.41, 5.74) is 3.41. The summed E-state index contributed by atoms with van der Waals surface area (Å²) in [5, 5.41) is 3.53. The van der Waals surface area contributed by atoms with Crippen LogP contribution in [-0.2, 0) is 9.57 Å². The topological polar surface area (TPSA) is 88.9 Å². The molecule has 8 nitrogen and oxygen atoms in total. The second kappa shape index (κ2) is 9.69. The average molecular weight is 526 g/mol. The van der Waals surface area contributed by atoms with Gasteiger partial charge in [-0.25, -0.2) is 9.87 Å². The first-order valence-corrected chi connectivity index (χ1v) is 10.5. The molecule has 1 aliphatic heterocycles. The molecule has 0 saturated carbocycles. The van der Waals surface area contributed by atoms with Gasteiger partial charge in [0.05, 0.1) is 30.9 Å². The molecule has 10 heteroatoms. The van der Waals surface area contributed by atoms with Gasteiger partial charge >= 0.3 is 5.91 Å². The zero-order valence-electron chi connectivity index (χ0n) is 16.0. The summed E-state index contributed by atoms with van der Waals surface area (Å²) in [6, 6.07) is 6.41. The van der Waals surface area contributed by atoms with E-state index in [1.165, 1.54) is 6.07 Å². The number of halogens is 2. The molecular formula is C20H20FIN4O4. The highest BCUT2D eigenvalue weighted by atomic mass is 127. The van der Waals surface area contributed by atoms with Crippen LogP contribution in [0.1, 0.15) is 10.6 Å². The lowest BCUT2D eigenvalue weighted by molar-refractivity contribution is -0.00254. The van der Waals surface area contributed by atoms with Crippen LogP contribution in [-0.4, -0.2) is 55.2 Å². The Labute approximate surface area is 185 Å². The van der Waals surface area contributed by atoms with E-state index in [0.29, 0.717) is 43.0 Å². The standard InChI is InChI=1S/C20H20FIN4O4/c21-15-11-13(22)1-2-16(15)24-18-14-12-23-4-3-17(14)30-19(18)20(27)25-29-10-7-26-5-8-28-9-6-26/h1-4,11-12,24H,5-10H2,(H,25,27). The van der Waals surface area contributed by atoms with E-state index < -0.39 is 11.7 Å². The number of hydroxylamine groups is 1. The summed E-state index contributed by atoms with van der Waals surface area (Å²) in [4.78, 5) is 24.3. The Kier molecular flexibility index (Phi) is 6.77. The number of pyridine rings is 1. The van der Waals surface area contributed by atoms with Gasteiger partial charge in [-0.1, -0.05) is 0 Å². The highest BCUT2D eigenvalue weighted by molar-refractivity contribution is 14.1. The molecule has 4 rings (SSSR count). The molecule has 1 aromatic carbocycles. The predicted octanol–water partition coefficient (Wildman–Crippen LogP) is 3.31. The van der Waals surface area contributed by atoms with Gasteiger partial charge in [0.25, 0.3) is 0 Å². The van der Waals surface area contributed by atoms with Gasteiger partial charge in [-0.3, -0.25) is 19.5 Å². The van der Waals surface area contributed by atoms with Crippen LogP contribution in [0.5, 0.6) is 0 Å². The molecule has 3 heterocycles. The molecule has 1 amide bonds. The van der Waals surface area contributed by atoms with E-state index in [1.807, 2.05) is 22.6 Å². The van der Waals surface area contributed by atoms with Crippen LogP contribution < -0.4 is 10.8 Å². The van der Waals surface area contributed by atoms with Crippen molar-refractivity contribution in [1.29, 1.82) is 0 Å². The molecule has 3 aromatic rings. The number of carbonyl (C=O) groups excluding carboxylic acids is 1. The lowest BCUT2D eigenvalue weighted by atomic mass is 10.2. The first-order valence-electron chi connectivity index (χ1n) is 9.42. The predicted molar refractivity (Wildman–Crippen MR) is 117 cm³/mol. The van der Waals surface area contributed by atoms with E-state index in [0.717, 1.165) is 16.7 Å². The van der Waals surface area contributed by atoms with Gasteiger partial charge in [-0.15, -0.1) is 0 Å². The molecule has 0 unspecified atom stereocenters. The van der Waals surface area contributed by atoms with Gasteiger partial charge in [0, 0.05) is 35.6 Å². The summed E-state index contributed by atoms with van der Waals surface area (Å²) in [5.74, 6) is -1.02. The lowest BCUT2D eigenvalue weighted by Gasteiger charge is -2.26. The number of nitrogens with one attached hydrogen (secondary N) is 2. The van der Waals surface area contributed by atoms with Gasteiger partial charge < -0.3 is 14.5 Å². The van der Waals surface area contributed by atoms with Crippen molar-refractivity contribution in [2.75, 3.05) is 44.8 Å². The Morgan fingerprint density at radius 3 is 2.93 bits per heavy atom. The normalized spacial score (nSPS) is 14.7. The van der Waals surface area contributed by atoms with Crippen molar-refractivity contribution in [2.24, 2.45) is 0 Å². The van der Waals surface area contributed by atoms with Crippen LogP contribution in [0.3, 0.4) is 0 Å². The number of anilines is 2. The van der Waals surface area contributed by atoms with Gasteiger partial charge in [0.2, 0.25) is 5.76 Å². The Bertz CT molecular complexity index is 1040. The molecule has 1 aliphatic rings. The fourth-order valence-corrected chi connectivity index (χ4v) is 3.57. The number of hydrogen-bond donors (Lipinski definition) is 2. The second-order valence-corrected chi connectivity index (χ2v) is 7.91. The monoisotopic (exact) mass is 526 g/mol. The second-order valence-electron chi connectivity index (χ2n) is 6.66. The molecule has 1 saturated heterocycles. The van der Waals surface area contributed by atoms with E-state index in [-0.39, 0.29) is 11.4 Å². The highest BCUT2D eigenvalue weighted by Gasteiger charge is 2.22. The molecule has 0 radical (unpaired) electrons. The van der Waals surface area contributed by atoms with Crippen molar-refractivity contribution in [3.8, 4) is 0 Å². The van der Waals surface area contributed by atoms with Crippen molar-refractivity contribution >= 4 is 50.8 Å². The van der Waals surface area contributed by atoms with Crippen LogP contribution in [0.4, 0.5) is 15.8 Å². The molecule has 0 aliphatic carbocycles. The number of hydrogen-bond acceptors (Lipinski definition) is 7. The number of nitrogens with zero attached hydrogens (tertiary/aromatic N) is 2. The summed E-state index contributed by atoms with van der Waals surface area (Å²) >= 11 is 2.03. The fraction of sp³-hybridized carbons (Fsp3) is 0.300. The molecule has 0 atom stereocenters. The van der Waals surface area contributed by atoms with Crippen molar-refractivity contribution in [3.63, 3.8) is 0 Å². The summed E-state index contributed by atoms with van der Waals surface area (Å²) < 4.78 is 26.1. The van der Waals surface area contributed by atoms with Crippen molar-refractivity contribution in [3.05, 3.63) is 51.8 Å². The molecule has 0 bridgehead atoms. The Morgan fingerprint density at radius 2 is 2.13 bits per heavy atom. The number of morpholine rings is 1. The van der Waals surface area contributed by atoms with Gasteiger partial charge in [-0.05, 0) is 46.9 Å². The maximum Gasteiger partial charge on any atom is 0.312 e. The summed E-state index contributed by atoms with van der Waals surface area (Å²) in [7, 11) is 0. The third kappa shape index (κ3) is 4.89. The van der Waals surface area contributed by atoms with Crippen LogP contribution >= 0.6 is 22.6 Å². The zero-order chi connectivity index (χ0) is 20.9. The minimum atomic E-state index is -0.568. The number of carbonyl (C=O) groups is 1. The maximum absolute atomic E-state index is 14.3. The van der Waals surface area contributed by atoms with Gasteiger partial charge in [0.1, 0.15) is 17.1 Å². The number of rotatable bonds is 7. The number of fused-ring (bicyclic) bond motifs is 1. The Hall–Kier alpha value is -2.28. The number of amides is 1. The molecule has 1 fully saturated rings. The van der Waals surface area contributed by atoms with Crippen LogP contribution in [0.2, 0.25) is 0 Å². The number of aromatic nitrogens is 1. The Morgan fingerprint density at radius 1 is 1.30 bits per heavy atom. The molecule has 30 heavy (non-hydrogen) atoms.